The van der Waals surface area contributed by atoms with E-state index in [-0.39, 0.29) is 23.7 Å². The lowest BCUT2D eigenvalue weighted by molar-refractivity contribution is -0.137. The first-order chi connectivity index (χ1) is 18.2. The number of aromatic nitrogens is 3. The fourth-order valence-electron chi connectivity index (χ4n) is 4.21. The first-order valence-corrected chi connectivity index (χ1v) is 12.3. The van der Waals surface area contributed by atoms with Gasteiger partial charge in [0, 0.05) is 47.2 Å². The first-order valence-electron chi connectivity index (χ1n) is 12.3. The topological polar surface area (TPSA) is 76.9 Å². The highest BCUT2D eigenvalue weighted by Crippen LogP contribution is 2.31. The van der Waals surface area contributed by atoms with Crippen molar-refractivity contribution in [2.45, 2.75) is 38.8 Å². The van der Waals surface area contributed by atoms with Gasteiger partial charge in [-0.1, -0.05) is 30.3 Å². The summed E-state index contributed by atoms with van der Waals surface area (Å²) in [5.74, 6) is 0.0287. The number of rotatable bonds is 8. The molecule has 0 atom stereocenters. The summed E-state index contributed by atoms with van der Waals surface area (Å²) in [7, 11) is 0. The Morgan fingerprint density at radius 2 is 1.82 bits per heavy atom. The second-order valence-corrected chi connectivity index (χ2v) is 9.55. The highest BCUT2D eigenvalue weighted by Gasteiger charge is 2.30. The van der Waals surface area contributed by atoms with Gasteiger partial charge >= 0.3 is 6.18 Å². The van der Waals surface area contributed by atoms with Crippen LogP contribution in [0.3, 0.4) is 0 Å². The van der Waals surface area contributed by atoms with Crippen LogP contribution in [0.4, 0.5) is 18.9 Å². The smallest absolute Gasteiger partial charge is 0.326 e. The van der Waals surface area contributed by atoms with Gasteiger partial charge in [0.05, 0.1) is 23.9 Å². The summed E-state index contributed by atoms with van der Waals surface area (Å²) < 4.78 is 40.6. The number of carbonyl (C=O) groups excluding carboxylic acids is 2. The zero-order valence-corrected chi connectivity index (χ0v) is 20.6. The number of hydrogen-bond donors (Lipinski definition) is 1. The van der Waals surface area contributed by atoms with Gasteiger partial charge in [-0.3, -0.25) is 14.6 Å². The van der Waals surface area contributed by atoms with Gasteiger partial charge in [0.2, 0.25) is 5.91 Å². The zero-order chi connectivity index (χ0) is 26.9. The number of alkyl halides is 3. The highest BCUT2D eigenvalue weighted by molar-refractivity contribution is 5.92. The summed E-state index contributed by atoms with van der Waals surface area (Å²) in [5.41, 5.74) is 4.12. The Kier molecular flexibility index (Phi) is 6.84. The van der Waals surface area contributed by atoms with E-state index in [0.29, 0.717) is 12.1 Å². The first kappa shape index (κ1) is 25.4. The van der Waals surface area contributed by atoms with Gasteiger partial charge in [-0.25, -0.2) is 4.68 Å². The van der Waals surface area contributed by atoms with Crippen LogP contribution in [-0.4, -0.2) is 26.5 Å². The third kappa shape index (κ3) is 5.99. The number of nitrogens with one attached hydrogen (secondary N) is 1. The molecular weight excluding hydrogens is 493 g/mol. The van der Waals surface area contributed by atoms with E-state index < -0.39 is 17.6 Å². The zero-order valence-electron chi connectivity index (χ0n) is 20.6. The molecule has 1 saturated carbocycles. The fourth-order valence-corrected chi connectivity index (χ4v) is 4.21. The van der Waals surface area contributed by atoms with Crippen LogP contribution >= 0.6 is 0 Å². The van der Waals surface area contributed by atoms with Crippen LogP contribution in [0.2, 0.25) is 0 Å². The Balaban J connectivity index is 1.27. The highest BCUT2D eigenvalue weighted by atomic mass is 19.4. The summed E-state index contributed by atoms with van der Waals surface area (Å²) in [6.07, 6.45) is 2.96. The van der Waals surface area contributed by atoms with Crippen molar-refractivity contribution in [3.63, 3.8) is 0 Å². The number of amides is 1. The second-order valence-electron chi connectivity index (χ2n) is 9.55. The lowest BCUT2D eigenvalue weighted by Gasteiger charge is -2.11. The molecule has 38 heavy (non-hydrogen) atoms. The molecule has 9 heteroatoms. The van der Waals surface area contributed by atoms with Crippen molar-refractivity contribution < 1.29 is 22.8 Å². The molecule has 0 spiro atoms. The van der Waals surface area contributed by atoms with Gasteiger partial charge in [0.15, 0.2) is 0 Å². The van der Waals surface area contributed by atoms with Crippen LogP contribution in [0.25, 0.3) is 16.8 Å². The number of ketones is 1. The quantitative estimate of drug-likeness (QED) is 0.312. The lowest BCUT2D eigenvalue weighted by Crippen LogP contribution is -2.15. The Morgan fingerprint density at radius 3 is 2.53 bits per heavy atom. The largest absolute Gasteiger partial charge is 0.416 e. The number of aryl methyl sites for hydroxylation is 1. The van der Waals surface area contributed by atoms with Crippen LogP contribution in [0.5, 0.6) is 0 Å². The maximum Gasteiger partial charge on any atom is 0.416 e. The number of benzene rings is 2. The van der Waals surface area contributed by atoms with Crippen molar-refractivity contribution in [3.8, 4) is 16.8 Å². The standard InChI is InChI=1S/C29H25F3N4O2/c1-18-5-9-25(35-28(38)12-19-3-2-4-23(11-19)29(30,31)32)13-26(18)36-17-22(16-34-36)21-8-10-24(33-15-21)14-27(37)20-6-7-20/h2-5,8-11,13,15-17,20H,6-7,12,14H2,1H3,(H,35,38). The minimum absolute atomic E-state index is 0.186. The van der Waals surface area contributed by atoms with Crippen LogP contribution in [0.1, 0.15) is 35.2 Å². The summed E-state index contributed by atoms with van der Waals surface area (Å²) in [5, 5.41) is 7.22. The molecule has 4 aromatic rings. The third-order valence-corrected chi connectivity index (χ3v) is 6.49. The van der Waals surface area contributed by atoms with Crippen molar-refractivity contribution >= 4 is 17.4 Å². The molecule has 0 bridgehead atoms. The summed E-state index contributed by atoms with van der Waals surface area (Å²) in [4.78, 5) is 29.0. The minimum Gasteiger partial charge on any atom is -0.326 e. The Labute approximate surface area is 217 Å². The molecule has 0 saturated heterocycles. The predicted molar refractivity (Wildman–Crippen MR) is 137 cm³/mol. The molecule has 2 aromatic heterocycles. The molecule has 0 unspecified atom stereocenters. The van der Waals surface area contributed by atoms with Crippen molar-refractivity contribution in [1.29, 1.82) is 0 Å². The maximum atomic E-state index is 13.0. The molecule has 2 heterocycles. The van der Waals surface area contributed by atoms with Crippen molar-refractivity contribution in [2.75, 3.05) is 5.32 Å². The van der Waals surface area contributed by atoms with Crippen LogP contribution in [0, 0.1) is 12.8 Å². The van der Waals surface area contributed by atoms with Crippen LogP contribution in [-0.2, 0) is 28.6 Å². The predicted octanol–water partition coefficient (Wildman–Crippen LogP) is 5.96. The molecular formula is C29H25F3N4O2. The minimum atomic E-state index is -4.46. The number of Topliss-reactive ketones (excluding diaryl/α,β-unsaturated/α-hetero) is 1. The fraction of sp³-hybridized carbons (Fsp3) is 0.241. The van der Waals surface area contributed by atoms with E-state index in [2.05, 4.69) is 15.4 Å². The third-order valence-electron chi connectivity index (χ3n) is 6.49. The average Bonchev–Trinajstić information content (AvgIpc) is 3.62. The molecule has 1 aliphatic carbocycles. The van der Waals surface area contributed by atoms with E-state index in [9.17, 15) is 22.8 Å². The van der Waals surface area contributed by atoms with Gasteiger partial charge in [-0.2, -0.15) is 18.3 Å². The molecule has 1 amide bonds. The number of carbonyl (C=O) groups is 2. The van der Waals surface area contributed by atoms with E-state index >= 15 is 0 Å². The lowest BCUT2D eigenvalue weighted by atomic mass is 10.1. The van der Waals surface area contributed by atoms with E-state index in [0.717, 1.165) is 53.0 Å². The van der Waals surface area contributed by atoms with Crippen molar-refractivity contribution in [1.82, 2.24) is 14.8 Å². The summed E-state index contributed by atoms with van der Waals surface area (Å²) in [6, 6.07) is 13.9. The Morgan fingerprint density at radius 1 is 1.00 bits per heavy atom. The SMILES string of the molecule is Cc1ccc(NC(=O)Cc2cccc(C(F)(F)F)c2)cc1-n1cc(-c2ccc(CC(=O)C3CC3)nc2)cn1. The molecule has 6 nitrogen and oxygen atoms in total. The van der Waals surface area contributed by atoms with Gasteiger partial charge in [0.25, 0.3) is 0 Å². The normalized spacial score (nSPS) is 13.4. The molecule has 5 rings (SSSR count). The van der Waals surface area contributed by atoms with Gasteiger partial charge in [-0.05, 0) is 55.2 Å². The van der Waals surface area contributed by atoms with Crippen molar-refractivity contribution in [3.05, 3.63) is 95.6 Å². The van der Waals surface area contributed by atoms with E-state index in [1.165, 1.54) is 12.1 Å². The van der Waals surface area contributed by atoms with E-state index in [1.54, 1.807) is 29.2 Å². The molecule has 0 radical (unpaired) electrons. The second kappa shape index (κ2) is 10.2. The van der Waals surface area contributed by atoms with Crippen LogP contribution < -0.4 is 5.32 Å². The van der Waals surface area contributed by atoms with E-state index in [4.69, 9.17) is 0 Å². The molecule has 1 fully saturated rings. The molecule has 1 N–H and O–H groups in total. The van der Waals surface area contributed by atoms with Crippen molar-refractivity contribution in [2.24, 2.45) is 5.92 Å². The Bertz CT molecular complexity index is 1490. The summed E-state index contributed by atoms with van der Waals surface area (Å²) in [6.45, 7) is 1.91. The van der Waals surface area contributed by atoms with Gasteiger partial charge in [0.1, 0.15) is 5.78 Å². The average molecular weight is 519 g/mol. The number of nitrogens with zero attached hydrogens (tertiary/aromatic N) is 3. The Hall–Kier alpha value is -4.27. The van der Waals surface area contributed by atoms with Crippen LogP contribution in [0.15, 0.2) is 73.2 Å². The van der Waals surface area contributed by atoms with E-state index in [1.807, 2.05) is 31.3 Å². The number of anilines is 1. The molecule has 2 aromatic carbocycles. The summed E-state index contributed by atoms with van der Waals surface area (Å²) >= 11 is 0. The van der Waals surface area contributed by atoms with Gasteiger partial charge in [-0.15, -0.1) is 0 Å². The molecule has 1 aliphatic rings. The number of halogens is 3. The molecule has 0 aliphatic heterocycles. The monoisotopic (exact) mass is 518 g/mol. The van der Waals surface area contributed by atoms with Gasteiger partial charge < -0.3 is 5.32 Å². The number of pyridine rings is 1. The maximum absolute atomic E-state index is 13.0. The molecule has 194 valence electrons. The number of hydrogen-bond acceptors (Lipinski definition) is 4.